The van der Waals surface area contributed by atoms with Crippen molar-refractivity contribution < 1.29 is 13.6 Å². The van der Waals surface area contributed by atoms with Crippen LogP contribution in [-0.4, -0.2) is 35.1 Å². The van der Waals surface area contributed by atoms with E-state index in [-0.39, 0.29) is 5.69 Å². The molecule has 0 atom stereocenters. The number of amides is 1. The predicted molar refractivity (Wildman–Crippen MR) is 70.1 cm³/mol. The Morgan fingerprint density at radius 2 is 2.26 bits per heavy atom. The first-order valence-electron chi connectivity index (χ1n) is 5.43. The van der Waals surface area contributed by atoms with Crippen molar-refractivity contribution in [3.63, 3.8) is 0 Å². The zero-order valence-corrected chi connectivity index (χ0v) is 11.3. The molecule has 1 heterocycles. The fourth-order valence-corrected chi connectivity index (χ4v) is 1.89. The number of hydrogen-bond donors (Lipinski definition) is 3. The molecule has 19 heavy (non-hydrogen) atoms. The molecule has 2 aromatic rings. The average Bonchev–Trinajstić information content (AvgIpc) is 2.79. The summed E-state index contributed by atoms with van der Waals surface area (Å²) in [6.45, 7) is -1.63. The molecule has 5 nitrogen and oxygen atoms in total. The lowest BCUT2D eigenvalue weighted by Gasteiger charge is -2.13. The molecule has 0 bridgehead atoms. The highest BCUT2D eigenvalue weighted by Crippen LogP contribution is 2.21. The first-order valence-corrected chi connectivity index (χ1v) is 6.22. The third-order valence-corrected chi connectivity index (χ3v) is 3.04. The van der Waals surface area contributed by atoms with Crippen LogP contribution in [0.4, 0.5) is 8.78 Å². The second kappa shape index (κ2) is 5.22. The summed E-state index contributed by atoms with van der Waals surface area (Å²) in [5.41, 5.74) is 5.62. The van der Waals surface area contributed by atoms with E-state index >= 15 is 0 Å². The minimum Gasteiger partial charge on any atom is -0.345 e. The highest BCUT2D eigenvalue weighted by atomic mass is 79.9. The minimum absolute atomic E-state index is 0.0733. The van der Waals surface area contributed by atoms with Gasteiger partial charge in [-0.1, -0.05) is 15.9 Å². The van der Waals surface area contributed by atoms with Crippen molar-refractivity contribution in [2.75, 3.05) is 13.1 Å². The molecule has 1 aromatic carbocycles. The molecule has 0 aliphatic rings. The molecule has 0 aliphatic carbocycles. The van der Waals surface area contributed by atoms with E-state index in [1.807, 2.05) is 0 Å². The van der Waals surface area contributed by atoms with Crippen molar-refractivity contribution in [1.82, 2.24) is 15.5 Å². The number of nitrogens with zero attached hydrogens (tertiary/aromatic N) is 1. The summed E-state index contributed by atoms with van der Waals surface area (Å²) in [5.74, 6) is -3.79. The highest BCUT2D eigenvalue weighted by molar-refractivity contribution is 9.10. The van der Waals surface area contributed by atoms with Crippen LogP contribution in [0.15, 0.2) is 22.7 Å². The maximum atomic E-state index is 13.0. The quantitative estimate of drug-likeness (QED) is 0.795. The van der Waals surface area contributed by atoms with Crippen LogP contribution in [0.2, 0.25) is 0 Å². The van der Waals surface area contributed by atoms with Gasteiger partial charge in [0.1, 0.15) is 0 Å². The number of aromatic nitrogens is 2. The van der Waals surface area contributed by atoms with Crippen LogP contribution >= 0.6 is 15.9 Å². The van der Waals surface area contributed by atoms with E-state index in [1.165, 1.54) is 0 Å². The van der Waals surface area contributed by atoms with Crippen molar-refractivity contribution in [3.05, 3.63) is 28.4 Å². The lowest BCUT2D eigenvalue weighted by molar-refractivity contribution is 0.0118. The Morgan fingerprint density at radius 1 is 1.53 bits per heavy atom. The van der Waals surface area contributed by atoms with Crippen molar-refractivity contribution in [2.24, 2.45) is 5.73 Å². The van der Waals surface area contributed by atoms with E-state index in [1.54, 1.807) is 18.2 Å². The molecule has 102 valence electrons. The summed E-state index contributed by atoms with van der Waals surface area (Å²) in [7, 11) is 0. The maximum Gasteiger partial charge on any atom is 0.277 e. The Balaban J connectivity index is 2.20. The Labute approximate surface area is 115 Å². The molecule has 0 aliphatic heterocycles. The number of alkyl halides is 2. The molecular weight excluding hydrogens is 322 g/mol. The van der Waals surface area contributed by atoms with Gasteiger partial charge in [0.05, 0.1) is 18.6 Å². The highest BCUT2D eigenvalue weighted by Gasteiger charge is 2.28. The Kier molecular flexibility index (Phi) is 3.81. The molecule has 1 amide bonds. The van der Waals surface area contributed by atoms with Gasteiger partial charge >= 0.3 is 0 Å². The molecule has 0 unspecified atom stereocenters. The number of fused-ring (bicyclic) bond motifs is 1. The number of aromatic amines is 1. The third kappa shape index (κ3) is 3.07. The van der Waals surface area contributed by atoms with E-state index in [0.29, 0.717) is 10.9 Å². The van der Waals surface area contributed by atoms with Gasteiger partial charge in [-0.3, -0.25) is 9.89 Å². The molecule has 0 saturated carbocycles. The monoisotopic (exact) mass is 332 g/mol. The second-order valence-electron chi connectivity index (χ2n) is 4.00. The number of nitrogens with two attached hydrogens (primary N) is 1. The lowest BCUT2D eigenvalue weighted by Crippen LogP contribution is -2.41. The van der Waals surface area contributed by atoms with Crippen molar-refractivity contribution in [1.29, 1.82) is 0 Å². The summed E-state index contributed by atoms with van der Waals surface area (Å²) in [6.07, 6.45) is 0. The van der Waals surface area contributed by atoms with Crippen LogP contribution in [0, 0.1) is 0 Å². The molecule has 0 fully saturated rings. The smallest absolute Gasteiger partial charge is 0.277 e. The van der Waals surface area contributed by atoms with Crippen LogP contribution in [0.3, 0.4) is 0 Å². The van der Waals surface area contributed by atoms with Crippen LogP contribution in [0.25, 0.3) is 10.9 Å². The van der Waals surface area contributed by atoms with E-state index < -0.39 is 24.9 Å². The fraction of sp³-hybridized carbons (Fsp3) is 0.273. The van der Waals surface area contributed by atoms with Gasteiger partial charge in [-0.2, -0.15) is 5.10 Å². The first-order chi connectivity index (χ1) is 8.93. The third-order valence-electron chi connectivity index (χ3n) is 2.55. The van der Waals surface area contributed by atoms with E-state index in [9.17, 15) is 13.6 Å². The molecule has 0 saturated heterocycles. The number of carbonyl (C=O) groups excluding carboxylic acids is 1. The van der Waals surface area contributed by atoms with E-state index in [2.05, 4.69) is 31.4 Å². The van der Waals surface area contributed by atoms with Crippen molar-refractivity contribution in [2.45, 2.75) is 5.92 Å². The van der Waals surface area contributed by atoms with Crippen LogP contribution in [-0.2, 0) is 0 Å². The fourth-order valence-electron chi connectivity index (χ4n) is 1.52. The SMILES string of the molecule is NCC(F)(F)CNC(=O)c1n[nH]c2ccc(Br)cc12. The van der Waals surface area contributed by atoms with E-state index in [4.69, 9.17) is 5.73 Å². The van der Waals surface area contributed by atoms with Crippen LogP contribution < -0.4 is 11.1 Å². The summed E-state index contributed by atoms with van der Waals surface area (Å²) in [6, 6.07) is 5.21. The average molecular weight is 333 g/mol. The van der Waals surface area contributed by atoms with E-state index in [0.717, 1.165) is 4.47 Å². The molecule has 1 aromatic heterocycles. The number of benzene rings is 1. The summed E-state index contributed by atoms with van der Waals surface area (Å²) >= 11 is 3.27. The molecule has 0 spiro atoms. The van der Waals surface area contributed by atoms with Gasteiger partial charge in [0.25, 0.3) is 11.8 Å². The zero-order valence-electron chi connectivity index (χ0n) is 9.71. The normalized spacial score (nSPS) is 11.8. The molecule has 8 heteroatoms. The molecular formula is C11H11BrF2N4O. The topological polar surface area (TPSA) is 83.8 Å². The zero-order chi connectivity index (χ0) is 14.0. The molecule has 4 N–H and O–H groups in total. The molecule has 2 rings (SSSR count). The number of nitrogens with one attached hydrogen (secondary N) is 2. The first kappa shape index (κ1) is 13.9. The maximum absolute atomic E-state index is 13.0. The van der Waals surface area contributed by atoms with Gasteiger partial charge in [0.2, 0.25) is 0 Å². The van der Waals surface area contributed by atoms with Crippen LogP contribution in [0.5, 0.6) is 0 Å². The van der Waals surface area contributed by atoms with Gasteiger partial charge in [-0.25, -0.2) is 8.78 Å². The van der Waals surface area contributed by atoms with Gasteiger partial charge in [0, 0.05) is 9.86 Å². The Bertz CT molecular complexity index is 614. The van der Waals surface area contributed by atoms with Gasteiger partial charge in [0.15, 0.2) is 5.69 Å². The number of hydrogen-bond acceptors (Lipinski definition) is 3. The number of halogens is 3. The van der Waals surface area contributed by atoms with Crippen molar-refractivity contribution in [3.8, 4) is 0 Å². The van der Waals surface area contributed by atoms with Crippen LogP contribution in [0.1, 0.15) is 10.5 Å². The molecule has 0 radical (unpaired) electrons. The van der Waals surface area contributed by atoms with Gasteiger partial charge in [-0.15, -0.1) is 0 Å². The number of H-pyrrole nitrogens is 1. The van der Waals surface area contributed by atoms with Crippen molar-refractivity contribution >= 4 is 32.7 Å². The van der Waals surface area contributed by atoms with Gasteiger partial charge in [-0.05, 0) is 18.2 Å². The Morgan fingerprint density at radius 3 is 2.95 bits per heavy atom. The lowest BCUT2D eigenvalue weighted by atomic mass is 10.2. The predicted octanol–water partition coefficient (Wildman–Crippen LogP) is 1.65. The second-order valence-corrected chi connectivity index (χ2v) is 4.92. The summed E-state index contributed by atoms with van der Waals surface area (Å²) in [5, 5.41) is 9.17. The standard InChI is InChI=1S/C11H11BrF2N4O/c12-6-1-2-8-7(3-6)9(18-17-8)10(19)16-5-11(13,14)4-15/h1-3H,4-5,15H2,(H,16,19)(H,17,18). The summed E-state index contributed by atoms with van der Waals surface area (Å²) < 4.78 is 26.7. The largest absolute Gasteiger partial charge is 0.345 e. The summed E-state index contributed by atoms with van der Waals surface area (Å²) in [4.78, 5) is 11.8. The minimum atomic E-state index is -3.12. The number of rotatable bonds is 4. The number of carbonyl (C=O) groups is 1. The van der Waals surface area contributed by atoms with Gasteiger partial charge < -0.3 is 11.1 Å². The Hall–Kier alpha value is -1.54.